The van der Waals surface area contributed by atoms with Gasteiger partial charge in [0.2, 0.25) is 0 Å². The minimum absolute atomic E-state index is 0.189. The molecule has 0 bridgehead atoms. The molecule has 0 aliphatic rings. The average Bonchev–Trinajstić information content (AvgIpc) is 2.87. The van der Waals surface area contributed by atoms with Crippen LogP contribution in [0.5, 0.6) is 0 Å². The van der Waals surface area contributed by atoms with Crippen molar-refractivity contribution >= 4 is 11.8 Å². The SMILES string of the molecule is O=C(NCc1ccccc1)c1ccc(-c2ccc(C(=O)NCc3ccccc3)cn2)nc1. The molecule has 158 valence electrons. The first kappa shape index (κ1) is 20.9. The Kier molecular flexibility index (Phi) is 6.63. The highest BCUT2D eigenvalue weighted by Crippen LogP contribution is 2.15. The van der Waals surface area contributed by atoms with Gasteiger partial charge in [-0.05, 0) is 35.4 Å². The summed E-state index contributed by atoms with van der Waals surface area (Å²) in [5.41, 5.74) is 4.26. The number of nitrogens with zero attached hydrogens (tertiary/aromatic N) is 2. The molecule has 0 atom stereocenters. The molecular formula is C26H22N4O2. The molecule has 0 aliphatic carbocycles. The third-order valence-corrected chi connectivity index (χ3v) is 4.91. The first-order valence-corrected chi connectivity index (χ1v) is 10.3. The number of benzene rings is 2. The Morgan fingerprint density at radius 1 is 0.562 bits per heavy atom. The van der Waals surface area contributed by atoms with E-state index in [4.69, 9.17) is 0 Å². The van der Waals surface area contributed by atoms with Crippen LogP contribution in [0.15, 0.2) is 97.3 Å². The zero-order chi connectivity index (χ0) is 22.2. The van der Waals surface area contributed by atoms with E-state index in [9.17, 15) is 9.59 Å². The van der Waals surface area contributed by atoms with Crippen molar-refractivity contribution in [2.75, 3.05) is 0 Å². The number of rotatable bonds is 7. The summed E-state index contributed by atoms with van der Waals surface area (Å²) in [6.45, 7) is 0.910. The number of hydrogen-bond acceptors (Lipinski definition) is 4. The van der Waals surface area contributed by atoms with Crippen LogP contribution in [0.4, 0.5) is 0 Å². The maximum Gasteiger partial charge on any atom is 0.253 e. The van der Waals surface area contributed by atoms with Crippen LogP contribution in [0, 0.1) is 0 Å². The van der Waals surface area contributed by atoms with Crippen LogP contribution in [0.3, 0.4) is 0 Å². The van der Waals surface area contributed by atoms with E-state index >= 15 is 0 Å². The zero-order valence-electron chi connectivity index (χ0n) is 17.4. The molecule has 0 saturated heterocycles. The summed E-state index contributed by atoms with van der Waals surface area (Å²) < 4.78 is 0. The lowest BCUT2D eigenvalue weighted by molar-refractivity contribution is 0.0942. The van der Waals surface area contributed by atoms with Crippen molar-refractivity contribution in [2.45, 2.75) is 13.1 Å². The molecule has 0 fully saturated rings. The molecule has 2 aromatic heterocycles. The number of pyridine rings is 2. The normalized spacial score (nSPS) is 10.4. The van der Waals surface area contributed by atoms with Crippen molar-refractivity contribution in [3.63, 3.8) is 0 Å². The van der Waals surface area contributed by atoms with Gasteiger partial charge in [0, 0.05) is 25.5 Å². The highest BCUT2D eigenvalue weighted by Gasteiger charge is 2.10. The molecule has 2 heterocycles. The number of carbonyl (C=O) groups excluding carboxylic acids is 2. The predicted molar refractivity (Wildman–Crippen MR) is 123 cm³/mol. The molecule has 0 radical (unpaired) electrons. The first-order chi connectivity index (χ1) is 15.7. The Labute approximate surface area is 186 Å². The van der Waals surface area contributed by atoms with Crippen molar-refractivity contribution in [3.8, 4) is 11.4 Å². The fourth-order valence-electron chi connectivity index (χ4n) is 3.12. The van der Waals surface area contributed by atoms with E-state index in [-0.39, 0.29) is 11.8 Å². The average molecular weight is 422 g/mol. The highest BCUT2D eigenvalue weighted by molar-refractivity contribution is 5.94. The van der Waals surface area contributed by atoms with Gasteiger partial charge in [0.25, 0.3) is 11.8 Å². The molecule has 6 nitrogen and oxygen atoms in total. The number of carbonyl (C=O) groups is 2. The maximum atomic E-state index is 12.3. The van der Waals surface area contributed by atoms with Crippen molar-refractivity contribution in [1.82, 2.24) is 20.6 Å². The Balaban J connectivity index is 1.34. The molecular weight excluding hydrogens is 400 g/mol. The van der Waals surface area contributed by atoms with Crippen molar-refractivity contribution in [1.29, 1.82) is 0 Å². The molecule has 4 aromatic rings. The minimum Gasteiger partial charge on any atom is -0.348 e. The van der Waals surface area contributed by atoms with E-state index < -0.39 is 0 Å². The molecule has 4 rings (SSSR count). The van der Waals surface area contributed by atoms with Crippen molar-refractivity contribution < 1.29 is 9.59 Å². The largest absolute Gasteiger partial charge is 0.348 e. The number of hydrogen-bond donors (Lipinski definition) is 2. The molecule has 2 N–H and O–H groups in total. The molecule has 0 spiro atoms. The van der Waals surface area contributed by atoms with Gasteiger partial charge in [0.15, 0.2) is 0 Å². The van der Waals surface area contributed by atoms with Crippen LogP contribution < -0.4 is 10.6 Å². The summed E-state index contributed by atoms with van der Waals surface area (Å²) in [6.07, 6.45) is 3.05. The van der Waals surface area contributed by atoms with E-state index in [0.717, 1.165) is 11.1 Å². The second-order valence-corrected chi connectivity index (χ2v) is 7.20. The van der Waals surface area contributed by atoms with Gasteiger partial charge < -0.3 is 10.6 Å². The van der Waals surface area contributed by atoms with Crippen LogP contribution in [0.2, 0.25) is 0 Å². The summed E-state index contributed by atoms with van der Waals surface area (Å²) in [5.74, 6) is -0.377. The fraction of sp³-hybridized carbons (Fsp3) is 0.0769. The Hall–Kier alpha value is -4.32. The molecule has 0 saturated carbocycles. The minimum atomic E-state index is -0.189. The molecule has 2 aromatic carbocycles. The van der Waals surface area contributed by atoms with Crippen LogP contribution in [0.25, 0.3) is 11.4 Å². The summed E-state index contributed by atoms with van der Waals surface area (Å²) in [7, 11) is 0. The topological polar surface area (TPSA) is 84.0 Å². The van der Waals surface area contributed by atoms with E-state index in [2.05, 4.69) is 20.6 Å². The van der Waals surface area contributed by atoms with Gasteiger partial charge in [0.05, 0.1) is 22.5 Å². The Morgan fingerprint density at radius 2 is 0.969 bits per heavy atom. The predicted octanol–water partition coefficient (Wildman–Crippen LogP) is 4.00. The van der Waals surface area contributed by atoms with E-state index in [1.165, 1.54) is 12.4 Å². The second-order valence-electron chi connectivity index (χ2n) is 7.20. The smallest absolute Gasteiger partial charge is 0.253 e. The summed E-state index contributed by atoms with van der Waals surface area (Å²) >= 11 is 0. The first-order valence-electron chi connectivity index (χ1n) is 10.3. The van der Waals surface area contributed by atoms with E-state index in [1.807, 2.05) is 60.7 Å². The lowest BCUT2D eigenvalue weighted by Crippen LogP contribution is -2.23. The quantitative estimate of drug-likeness (QED) is 0.471. The molecule has 0 unspecified atom stereocenters. The monoisotopic (exact) mass is 422 g/mol. The third-order valence-electron chi connectivity index (χ3n) is 4.91. The summed E-state index contributed by atoms with van der Waals surface area (Å²) in [4.78, 5) is 33.4. The standard InChI is InChI=1S/C26H22N4O2/c31-25(29-15-19-7-3-1-4-8-19)21-11-13-23(27-17-21)24-14-12-22(18-28-24)26(32)30-16-20-9-5-2-6-10-20/h1-14,17-18H,15-16H2,(H,29,31)(H,30,32). The Bertz CT molecular complexity index is 1080. The molecule has 0 aliphatic heterocycles. The highest BCUT2D eigenvalue weighted by atomic mass is 16.2. The van der Waals surface area contributed by atoms with Crippen LogP contribution in [-0.2, 0) is 13.1 Å². The van der Waals surface area contributed by atoms with Gasteiger partial charge in [-0.1, -0.05) is 60.7 Å². The summed E-state index contributed by atoms with van der Waals surface area (Å²) in [5, 5.41) is 5.76. The van der Waals surface area contributed by atoms with Gasteiger partial charge in [-0.2, -0.15) is 0 Å². The molecule has 6 heteroatoms. The van der Waals surface area contributed by atoms with Crippen LogP contribution in [0.1, 0.15) is 31.8 Å². The molecule has 2 amide bonds. The number of aromatic nitrogens is 2. The number of amides is 2. The maximum absolute atomic E-state index is 12.3. The van der Waals surface area contributed by atoms with Gasteiger partial charge in [-0.15, -0.1) is 0 Å². The van der Waals surface area contributed by atoms with Gasteiger partial charge in [-0.25, -0.2) is 0 Å². The van der Waals surface area contributed by atoms with Crippen LogP contribution >= 0.6 is 0 Å². The van der Waals surface area contributed by atoms with Crippen molar-refractivity contribution in [2.24, 2.45) is 0 Å². The van der Waals surface area contributed by atoms with Gasteiger partial charge in [-0.3, -0.25) is 19.6 Å². The summed E-state index contributed by atoms with van der Waals surface area (Å²) in [6, 6.07) is 26.4. The molecule has 32 heavy (non-hydrogen) atoms. The van der Waals surface area contributed by atoms with E-state index in [1.54, 1.807) is 24.3 Å². The van der Waals surface area contributed by atoms with E-state index in [0.29, 0.717) is 35.6 Å². The van der Waals surface area contributed by atoms with Gasteiger partial charge >= 0.3 is 0 Å². The fourth-order valence-corrected chi connectivity index (χ4v) is 3.12. The van der Waals surface area contributed by atoms with Crippen molar-refractivity contribution in [3.05, 3.63) is 120 Å². The zero-order valence-corrected chi connectivity index (χ0v) is 17.4. The Morgan fingerprint density at radius 3 is 1.31 bits per heavy atom. The number of nitrogens with one attached hydrogen (secondary N) is 2. The lowest BCUT2D eigenvalue weighted by Gasteiger charge is -2.07. The third kappa shape index (κ3) is 5.43. The van der Waals surface area contributed by atoms with Crippen LogP contribution in [-0.4, -0.2) is 21.8 Å². The second kappa shape index (κ2) is 10.1. The van der Waals surface area contributed by atoms with Gasteiger partial charge in [0.1, 0.15) is 0 Å². The lowest BCUT2D eigenvalue weighted by atomic mass is 10.1.